The fourth-order valence-corrected chi connectivity index (χ4v) is 1.73. The van der Waals surface area contributed by atoms with Gasteiger partial charge in [-0.05, 0) is 31.8 Å². The standard InChI is InChI=1S/C10H15NOSSi/c1-14(2,3)12-11-9-13-10-7-5-4-6-8-10/h4-9H,1-3H3/b11-9+. The van der Waals surface area contributed by atoms with Crippen LogP contribution in [0, 0.1) is 0 Å². The van der Waals surface area contributed by atoms with Gasteiger partial charge < -0.3 is 4.53 Å². The van der Waals surface area contributed by atoms with Crippen molar-refractivity contribution in [3.8, 4) is 0 Å². The van der Waals surface area contributed by atoms with E-state index in [1.165, 1.54) is 4.90 Å². The Morgan fingerprint density at radius 3 is 2.43 bits per heavy atom. The van der Waals surface area contributed by atoms with Gasteiger partial charge in [0.2, 0.25) is 0 Å². The average Bonchev–Trinajstić information content (AvgIpc) is 2.13. The van der Waals surface area contributed by atoms with Crippen molar-refractivity contribution in [2.75, 3.05) is 0 Å². The van der Waals surface area contributed by atoms with Crippen LogP contribution >= 0.6 is 11.8 Å². The lowest BCUT2D eigenvalue weighted by atomic mass is 10.4. The molecule has 0 aliphatic carbocycles. The number of thioether (sulfide) groups is 1. The third kappa shape index (κ3) is 5.09. The van der Waals surface area contributed by atoms with Crippen LogP contribution in [0.15, 0.2) is 40.4 Å². The van der Waals surface area contributed by atoms with E-state index >= 15 is 0 Å². The molecule has 2 nitrogen and oxygen atoms in total. The minimum absolute atomic E-state index is 1.18. The number of rotatable bonds is 4. The van der Waals surface area contributed by atoms with Crippen molar-refractivity contribution < 1.29 is 4.53 Å². The van der Waals surface area contributed by atoms with Gasteiger partial charge >= 0.3 is 0 Å². The summed E-state index contributed by atoms with van der Waals surface area (Å²) in [5.41, 5.74) is 1.74. The number of hydrogen-bond donors (Lipinski definition) is 0. The monoisotopic (exact) mass is 225 g/mol. The molecule has 0 spiro atoms. The van der Waals surface area contributed by atoms with Crippen molar-refractivity contribution in [2.45, 2.75) is 24.5 Å². The van der Waals surface area contributed by atoms with E-state index in [1.807, 2.05) is 30.3 Å². The first-order chi connectivity index (χ1) is 6.58. The minimum atomic E-state index is -1.51. The Kier molecular flexibility index (Phi) is 4.22. The van der Waals surface area contributed by atoms with Gasteiger partial charge in [0.1, 0.15) is 5.55 Å². The summed E-state index contributed by atoms with van der Waals surface area (Å²) in [7, 11) is -1.51. The van der Waals surface area contributed by atoms with E-state index in [0.717, 1.165) is 0 Å². The Morgan fingerprint density at radius 1 is 1.21 bits per heavy atom. The Balaban J connectivity index is 2.35. The summed E-state index contributed by atoms with van der Waals surface area (Å²) in [5, 5.41) is 3.94. The van der Waals surface area contributed by atoms with Crippen LogP contribution in [0.3, 0.4) is 0 Å². The molecule has 1 aromatic rings. The van der Waals surface area contributed by atoms with Gasteiger partial charge in [0, 0.05) is 4.90 Å². The Labute approximate surface area is 90.5 Å². The highest BCUT2D eigenvalue weighted by Crippen LogP contribution is 2.14. The van der Waals surface area contributed by atoms with E-state index in [4.69, 9.17) is 4.53 Å². The van der Waals surface area contributed by atoms with Gasteiger partial charge in [0.15, 0.2) is 0 Å². The van der Waals surface area contributed by atoms with Crippen LogP contribution in [0.5, 0.6) is 0 Å². The normalized spacial score (nSPS) is 11.9. The molecule has 0 atom stereocenters. The van der Waals surface area contributed by atoms with Gasteiger partial charge in [-0.1, -0.05) is 30.0 Å². The number of benzene rings is 1. The van der Waals surface area contributed by atoms with Crippen LogP contribution in [0.1, 0.15) is 0 Å². The fraction of sp³-hybridized carbons (Fsp3) is 0.300. The first-order valence-corrected chi connectivity index (χ1v) is 8.78. The smallest absolute Gasteiger partial charge is 0.278 e. The Hall–Kier alpha value is -0.743. The van der Waals surface area contributed by atoms with Gasteiger partial charge in [-0.3, -0.25) is 0 Å². The zero-order valence-electron chi connectivity index (χ0n) is 8.73. The summed E-state index contributed by atoms with van der Waals surface area (Å²) in [6.07, 6.45) is 0. The van der Waals surface area contributed by atoms with Crippen LogP contribution in [-0.2, 0) is 4.53 Å². The second-order valence-corrected chi connectivity index (χ2v) is 9.17. The molecular formula is C10H15NOSSi. The largest absolute Gasteiger partial charge is 0.455 e. The van der Waals surface area contributed by atoms with Crippen LogP contribution in [0.4, 0.5) is 0 Å². The molecule has 76 valence electrons. The molecule has 0 aromatic heterocycles. The quantitative estimate of drug-likeness (QED) is 0.257. The SMILES string of the molecule is C[Si](C)(C)O/N=C/Sc1ccccc1. The molecule has 4 heteroatoms. The maximum absolute atomic E-state index is 5.34. The molecule has 0 radical (unpaired) electrons. The average molecular weight is 225 g/mol. The van der Waals surface area contributed by atoms with E-state index in [2.05, 4.69) is 24.8 Å². The van der Waals surface area contributed by atoms with Gasteiger partial charge in [-0.2, -0.15) is 0 Å². The predicted octanol–water partition coefficient (Wildman–Crippen LogP) is 3.57. The summed E-state index contributed by atoms with van der Waals surface area (Å²) in [5.74, 6) is 0. The molecule has 0 heterocycles. The van der Waals surface area contributed by atoms with E-state index in [9.17, 15) is 0 Å². The second-order valence-electron chi connectivity index (χ2n) is 3.85. The molecule has 1 rings (SSSR count). The van der Waals surface area contributed by atoms with E-state index < -0.39 is 8.32 Å². The predicted molar refractivity (Wildman–Crippen MR) is 65.2 cm³/mol. The third-order valence-corrected chi connectivity index (χ3v) is 2.69. The first kappa shape index (κ1) is 11.3. The van der Waals surface area contributed by atoms with Crippen molar-refractivity contribution in [2.24, 2.45) is 5.16 Å². The zero-order chi connectivity index (χ0) is 10.4. The molecule has 0 aliphatic rings. The molecule has 0 saturated heterocycles. The van der Waals surface area contributed by atoms with E-state index in [0.29, 0.717) is 0 Å². The molecule has 0 N–H and O–H groups in total. The highest BCUT2D eigenvalue weighted by molar-refractivity contribution is 8.12. The highest BCUT2D eigenvalue weighted by atomic mass is 32.2. The molecular weight excluding hydrogens is 210 g/mol. The molecule has 0 fully saturated rings. The lowest BCUT2D eigenvalue weighted by Gasteiger charge is -2.11. The maximum Gasteiger partial charge on any atom is 0.278 e. The van der Waals surface area contributed by atoms with Gasteiger partial charge in [0.05, 0.1) is 0 Å². The molecule has 0 bridgehead atoms. The second kappa shape index (κ2) is 5.22. The van der Waals surface area contributed by atoms with Gasteiger partial charge in [0.25, 0.3) is 8.32 Å². The highest BCUT2D eigenvalue weighted by Gasteiger charge is 2.15. The molecule has 0 aliphatic heterocycles. The summed E-state index contributed by atoms with van der Waals surface area (Å²) in [6.45, 7) is 6.33. The molecule has 0 saturated carbocycles. The summed E-state index contributed by atoms with van der Waals surface area (Å²) in [4.78, 5) is 1.18. The number of nitrogens with zero attached hydrogens (tertiary/aromatic N) is 1. The minimum Gasteiger partial charge on any atom is -0.455 e. The number of hydrogen-bond acceptors (Lipinski definition) is 3. The van der Waals surface area contributed by atoms with Crippen molar-refractivity contribution in [3.05, 3.63) is 30.3 Å². The molecule has 1 aromatic carbocycles. The van der Waals surface area contributed by atoms with E-state index in [1.54, 1.807) is 17.3 Å². The number of oxime groups is 1. The zero-order valence-corrected chi connectivity index (χ0v) is 10.5. The molecule has 14 heavy (non-hydrogen) atoms. The van der Waals surface area contributed by atoms with Crippen molar-refractivity contribution in [1.82, 2.24) is 0 Å². The summed E-state index contributed by atoms with van der Waals surface area (Å²) < 4.78 is 5.34. The van der Waals surface area contributed by atoms with Crippen molar-refractivity contribution >= 4 is 25.6 Å². The van der Waals surface area contributed by atoms with Crippen molar-refractivity contribution in [1.29, 1.82) is 0 Å². The van der Waals surface area contributed by atoms with Crippen molar-refractivity contribution in [3.63, 3.8) is 0 Å². The molecule has 0 amide bonds. The lowest BCUT2D eigenvalue weighted by Crippen LogP contribution is -2.21. The van der Waals surface area contributed by atoms with E-state index in [-0.39, 0.29) is 0 Å². The Bertz CT molecular complexity index is 295. The molecule has 0 unspecified atom stereocenters. The van der Waals surface area contributed by atoms with Gasteiger partial charge in [-0.15, -0.1) is 5.16 Å². The van der Waals surface area contributed by atoms with Crippen LogP contribution in [0.2, 0.25) is 19.6 Å². The van der Waals surface area contributed by atoms with Gasteiger partial charge in [-0.25, -0.2) is 0 Å². The topological polar surface area (TPSA) is 21.6 Å². The first-order valence-electron chi connectivity index (χ1n) is 4.50. The lowest BCUT2D eigenvalue weighted by molar-refractivity contribution is 0.339. The summed E-state index contributed by atoms with van der Waals surface area (Å²) >= 11 is 1.57. The van der Waals surface area contributed by atoms with Crippen LogP contribution < -0.4 is 0 Å². The summed E-state index contributed by atoms with van der Waals surface area (Å²) in [6, 6.07) is 10.1. The van der Waals surface area contributed by atoms with Crippen LogP contribution in [0.25, 0.3) is 0 Å². The third-order valence-electron chi connectivity index (χ3n) is 1.30. The fourth-order valence-electron chi connectivity index (χ4n) is 0.761. The Morgan fingerprint density at radius 2 is 1.86 bits per heavy atom. The maximum atomic E-state index is 5.34. The van der Waals surface area contributed by atoms with Crippen LogP contribution in [-0.4, -0.2) is 13.9 Å².